The van der Waals surface area contributed by atoms with Crippen molar-refractivity contribution in [2.75, 3.05) is 0 Å². The van der Waals surface area contributed by atoms with Crippen LogP contribution in [0.4, 0.5) is 0 Å². The highest BCUT2D eigenvalue weighted by Crippen LogP contribution is 2.60. The molecule has 0 heterocycles. The van der Waals surface area contributed by atoms with Crippen molar-refractivity contribution in [3.05, 3.63) is 231 Å². The summed E-state index contributed by atoms with van der Waals surface area (Å²) in [4.78, 5) is 0. The predicted octanol–water partition coefficient (Wildman–Crippen LogP) is 34.4. The van der Waals surface area contributed by atoms with E-state index < -0.39 is 0 Å². The van der Waals surface area contributed by atoms with Crippen molar-refractivity contribution in [3.63, 3.8) is 0 Å². The fourth-order valence-corrected chi connectivity index (χ4v) is 31.1. The maximum absolute atomic E-state index is 13.3. The lowest BCUT2D eigenvalue weighted by Crippen LogP contribution is -2.27. The predicted molar refractivity (Wildman–Crippen MR) is 565 cm³/mol. The van der Waals surface area contributed by atoms with Crippen LogP contribution in [0.5, 0.6) is 46.0 Å². The molecular formula is C128H176O8. The van der Waals surface area contributed by atoms with Crippen molar-refractivity contribution in [2.45, 2.75) is 510 Å². The second-order valence-electron chi connectivity index (χ2n) is 47.2. The maximum Gasteiger partial charge on any atom is 0.119 e. The molecule has 0 unspecified atom stereocenters. The second-order valence-corrected chi connectivity index (χ2v) is 47.2. The van der Waals surface area contributed by atoms with Crippen LogP contribution in [0.25, 0.3) is 0 Å². The SMILES string of the molecule is CCCCC1(c2cc3c(O)cc2Cc2cc(O)c(cc2C2(CCCC)CCCC2)Cc2cc(C4(CCCC)CCCC4)c(cc2O)Cc2cc(O)c(cc2C2(CCCC)CCCC2)Cc2cc(C4(CCCC)CCCC4)c(cc2O)Cc2cc(O)c(cc2C2(CCCC)CCCC2)Cc2cc(C4(CCCC)CCCC4)c(cc2O)Cc2cc(O)c(cc2C2(CCCC)CCCC2)C3)CCCC1. The molecule has 0 spiro atoms. The van der Waals surface area contributed by atoms with Gasteiger partial charge >= 0.3 is 0 Å². The van der Waals surface area contributed by atoms with Gasteiger partial charge in [0.2, 0.25) is 0 Å². The monoisotopic (exact) mass is 1840 g/mol. The van der Waals surface area contributed by atoms with E-state index in [1.807, 2.05) is 0 Å². The number of hydrogen-bond donors (Lipinski definition) is 8. The standard InChI is InChI=1S/C128H176O8/c1-9-17-41-121(49-25-26-50-121)105-73-97-69-98-74-107(123(43-19-11-3)53-29-30-54-123)91(83-115(98)131)66-92-84-117(133)101(77-109(92)125(45-21-13-5)57-33-34-58-125)71-102-78-111(127(47-23-15-7)61-37-38-62-127)95(87-119(102)135)68-96-88-120(136)104(80-112(96)128(48-24-16-8)63-39-40-64-128)72-103-79-110(126(46-22-14-6)59-35-36-60-126)94(86-118(103)134)67-93-85-116(132)100(76-108(93)124(44-20-12-4)55-31-32-56-124)70-99-75-106(122(42-18-10-2)51-27-28-52-122)90(82-114(99)130)65-89(105)81-113(97)129/h73-88,129-136H,9-72H2,1-8H3. The number of phenols is 8. The zero-order chi connectivity index (χ0) is 95.0. The number of aromatic hydroxyl groups is 8. The summed E-state index contributed by atoms with van der Waals surface area (Å²) in [6.45, 7) is 18.6. The van der Waals surface area contributed by atoms with Crippen molar-refractivity contribution in [1.82, 2.24) is 0 Å². The fourth-order valence-electron chi connectivity index (χ4n) is 31.1. The Morgan fingerprint density at radius 2 is 0.243 bits per heavy atom. The summed E-state index contributed by atoms with van der Waals surface area (Å²) < 4.78 is 0. The molecule has 8 nitrogen and oxygen atoms in total. The molecule has 736 valence electrons. The molecular weight excluding hydrogens is 1670 g/mol. The van der Waals surface area contributed by atoms with Gasteiger partial charge in [0.25, 0.3) is 0 Å². The summed E-state index contributed by atoms with van der Waals surface area (Å²) in [5.74, 6) is 2.11. The summed E-state index contributed by atoms with van der Waals surface area (Å²) in [7, 11) is 0. The molecule has 0 radical (unpaired) electrons. The highest BCUT2D eigenvalue weighted by Gasteiger charge is 2.48. The Hall–Kier alpha value is -7.84. The van der Waals surface area contributed by atoms with Gasteiger partial charge in [0.1, 0.15) is 46.0 Å². The Balaban J connectivity index is 0.892. The second kappa shape index (κ2) is 43.3. The van der Waals surface area contributed by atoms with E-state index in [1.54, 1.807) is 0 Å². The van der Waals surface area contributed by atoms with E-state index in [-0.39, 0.29) is 89.3 Å². The topological polar surface area (TPSA) is 162 Å². The minimum Gasteiger partial charge on any atom is -0.508 e. The molecule has 8 aromatic carbocycles. The van der Waals surface area contributed by atoms with E-state index in [4.69, 9.17) is 0 Å². The van der Waals surface area contributed by atoms with Crippen molar-refractivity contribution in [2.24, 2.45) is 0 Å². The third-order valence-corrected chi connectivity index (χ3v) is 38.6. The molecule has 8 saturated carbocycles. The smallest absolute Gasteiger partial charge is 0.119 e. The van der Waals surface area contributed by atoms with Crippen LogP contribution in [-0.4, -0.2) is 40.9 Å². The first kappa shape index (κ1) is 99.7. The highest BCUT2D eigenvalue weighted by atomic mass is 16.3. The van der Waals surface area contributed by atoms with E-state index in [0.29, 0.717) is 51.4 Å². The van der Waals surface area contributed by atoms with Gasteiger partial charge in [0, 0.05) is 25.7 Å². The van der Waals surface area contributed by atoms with Crippen LogP contribution in [0.2, 0.25) is 0 Å². The first-order valence-electron chi connectivity index (χ1n) is 56.8. The zero-order valence-electron chi connectivity index (χ0n) is 86.1. The molecule has 8 N–H and O–H groups in total. The molecule has 0 atom stereocenters. The first-order valence-corrected chi connectivity index (χ1v) is 56.8. The molecule has 0 aliphatic heterocycles. The summed E-state index contributed by atoms with van der Waals surface area (Å²) in [5, 5.41) is 106. The van der Waals surface area contributed by atoms with E-state index in [1.165, 1.54) is 44.5 Å². The van der Waals surface area contributed by atoms with Gasteiger partial charge < -0.3 is 40.9 Å². The van der Waals surface area contributed by atoms with Gasteiger partial charge in [-0.15, -0.1) is 0 Å². The lowest BCUT2D eigenvalue weighted by atomic mass is 9.68. The Bertz CT molecular complexity index is 4430. The molecule has 30 aliphatic rings. The van der Waals surface area contributed by atoms with Crippen LogP contribution in [-0.2, 0) is 94.7 Å². The molecule has 0 amide bonds. The molecule has 0 aromatic heterocycles. The van der Waals surface area contributed by atoms with Gasteiger partial charge in [0.15, 0.2) is 0 Å². The van der Waals surface area contributed by atoms with Crippen LogP contribution in [0, 0.1) is 0 Å². The number of unbranched alkanes of at least 4 members (excludes halogenated alkanes) is 8. The van der Waals surface area contributed by atoms with Crippen LogP contribution >= 0.6 is 0 Å². The summed E-state index contributed by atoms with van der Waals surface area (Å²) in [5.41, 5.74) is 25.9. The van der Waals surface area contributed by atoms with Gasteiger partial charge in [-0.1, -0.05) is 309 Å². The van der Waals surface area contributed by atoms with Crippen molar-refractivity contribution >= 4 is 0 Å². The molecule has 8 aromatic rings. The van der Waals surface area contributed by atoms with Gasteiger partial charge in [-0.25, -0.2) is 0 Å². The van der Waals surface area contributed by atoms with E-state index >= 15 is 0 Å². The van der Waals surface area contributed by atoms with Crippen LogP contribution in [0.3, 0.4) is 0 Å². The Morgan fingerprint density at radius 3 is 0.338 bits per heavy atom. The van der Waals surface area contributed by atoms with Gasteiger partial charge in [-0.05, 0) is 405 Å². The van der Waals surface area contributed by atoms with Crippen LogP contribution < -0.4 is 0 Å². The molecule has 30 aliphatic carbocycles. The zero-order valence-corrected chi connectivity index (χ0v) is 86.1. The summed E-state index contributed by atoms with van der Waals surface area (Å²) in [6.07, 6.45) is 65.8. The minimum atomic E-state index is -0.101. The van der Waals surface area contributed by atoms with E-state index in [2.05, 4.69) is 152 Å². The van der Waals surface area contributed by atoms with Gasteiger partial charge in [-0.2, -0.15) is 0 Å². The third-order valence-electron chi connectivity index (χ3n) is 38.6. The van der Waals surface area contributed by atoms with Crippen LogP contribution in [0.15, 0.2) is 97.1 Å². The quantitative estimate of drug-likeness (QED) is 0.0207. The molecule has 38 rings (SSSR count). The maximum atomic E-state index is 13.3. The molecule has 8 heteroatoms. The average Bonchev–Trinajstić information content (AvgIpc) is 1.40. The number of benzene rings is 8. The third kappa shape index (κ3) is 20.3. The Labute approximate surface area is 821 Å². The Kier molecular flexibility index (Phi) is 31.8. The number of phenolic OH excluding ortho intramolecular Hbond substituents is 8. The molecule has 16 bridgehead atoms. The highest BCUT2D eigenvalue weighted by molar-refractivity contribution is 5.62. The molecule has 8 fully saturated rings. The first-order chi connectivity index (χ1) is 66.0. The van der Waals surface area contributed by atoms with Crippen molar-refractivity contribution < 1.29 is 40.9 Å². The van der Waals surface area contributed by atoms with Gasteiger partial charge in [0.05, 0.1) is 0 Å². The number of rotatable bonds is 32. The average molecular weight is 1840 g/mol. The molecule has 136 heavy (non-hydrogen) atoms. The van der Waals surface area contributed by atoms with E-state index in [9.17, 15) is 40.9 Å². The van der Waals surface area contributed by atoms with Crippen LogP contribution in [0.1, 0.15) is 548 Å². The van der Waals surface area contributed by atoms with Gasteiger partial charge in [-0.3, -0.25) is 0 Å². The minimum absolute atomic E-state index is 0.101. The van der Waals surface area contributed by atoms with E-state index in [0.717, 1.165) is 449 Å². The molecule has 0 saturated heterocycles. The largest absolute Gasteiger partial charge is 0.508 e. The summed E-state index contributed by atoms with van der Waals surface area (Å²) >= 11 is 0. The number of hydrogen-bond acceptors (Lipinski definition) is 8. The normalized spacial score (nSPS) is 20.3. The Morgan fingerprint density at radius 1 is 0.147 bits per heavy atom. The lowest BCUT2D eigenvalue weighted by Gasteiger charge is -2.36. The lowest BCUT2D eigenvalue weighted by molar-refractivity contribution is 0.382. The van der Waals surface area contributed by atoms with Crippen molar-refractivity contribution in [1.29, 1.82) is 0 Å². The fraction of sp³-hybridized carbons (Fsp3) is 0.625. The summed E-state index contributed by atoms with van der Waals surface area (Å²) in [6, 6.07) is 36.4. The van der Waals surface area contributed by atoms with Crippen molar-refractivity contribution in [3.8, 4) is 46.0 Å².